The molecule has 2 aromatic rings. The summed E-state index contributed by atoms with van der Waals surface area (Å²) in [5.74, 6) is 0. The van der Waals surface area contributed by atoms with E-state index >= 15 is 0 Å². The van der Waals surface area contributed by atoms with Crippen molar-refractivity contribution in [1.82, 2.24) is 14.4 Å². The molecule has 1 aliphatic rings. The molecule has 1 aliphatic heterocycles. The molecule has 0 spiro atoms. The van der Waals surface area contributed by atoms with Gasteiger partial charge in [-0.15, -0.1) is 0 Å². The summed E-state index contributed by atoms with van der Waals surface area (Å²) in [4.78, 5) is 4.99. The molecule has 20 heavy (non-hydrogen) atoms. The van der Waals surface area contributed by atoms with Crippen LogP contribution in [0.2, 0.25) is 0 Å². The highest BCUT2D eigenvalue weighted by Gasteiger charge is 2.16. The van der Waals surface area contributed by atoms with E-state index < -0.39 is 0 Å². The topological polar surface area (TPSA) is 11.4 Å². The molecule has 3 heteroatoms. The highest BCUT2D eigenvalue weighted by Crippen LogP contribution is 2.24. The van der Waals surface area contributed by atoms with Gasteiger partial charge < -0.3 is 9.47 Å². The van der Waals surface area contributed by atoms with Gasteiger partial charge in [0.15, 0.2) is 0 Å². The number of fused-ring (bicyclic) bond motifs is 1. The van der Waals surface area contributed by atoms with Crippen LogP contribution in [0, 0.1) is 6.92 Å². The molecule has 1 aromatic heterocycles. The molecule has 0 radical (unpaired) electrons. The normalized spacial score (nSPS) is 17.9. The molecule has 108 valence electrons. The lowest BCUT2D eigenvalue weighted by Crippen LogP contribution is -2.43. The zero-order valence-corrected chi connectivity index (χ0v) is 12.9. The van der Waals surface area contributed by atoms with Crippen molar-refractivity contribution < 1.29 is 0 Å². The van der Waals surface area contributed by atoms with Crippen molar-refractivity contribution in [2.24, 2.45) is 0 Å². The molecule has 3 rings (SSSR count). The summed E-state index contributed by atoms with van der Waals surface area (Å²) in [7, 11) is 2.21. The Morgan fingerprint density at radius 1 is 1.10 bits per heavy atom. The van der Waals surface area contributed by atoms with E-state index in [2.05, 4.69) is 59.7 Å². The summed E-state index contributed by atoms with van der Waals surface area (Å²) in [5.41, 5.74) is 4.21. The lowest BCUT2D eigenvalue weighted by molar-refractivity contribution is 0.148. The van der Waals surface area contributed by atoms with E-state index in [0.717, 1.165) is 13.1 Å². The van der Waals surface area contributed by atoms with E-state index in [-0.39, 0.29) is 0 Å². The molecule has 0 atom stereocenters. The summed E-state index contributed by atoms with van der Waals surface area (Å²) in [5, 5.41) is 1.43. The second-order valence-electron chi connectivity index (χ2n) is 6.04. The van der Waals surface area contributed by atoms with Crippen molar-refractivity contribution in [3.05, 3.63) is 35.5 Å². The maximum absolute atomic E-state index is 2.58. The minimum Gasteiger partial charge on any atom is -0.347 e. The first kappa shape index (κ1) is 13.7. The Balaban J connectivity index is 1.88. The van der Waals surface area contributed by atoms with E-state index in [4.69, 9.17) is 0 Å². The molecule has 0 unspecified atom stereocenters. The quantitative estimate of drug-likeness (QED) is 0.850. The zero-order valence-electron chi connectivity index (χ0n) is 12.9. The van der Waals surface area contributed by atoms with E-state index in [9.17, 15) is 0 Å². The van der Waals surface area contributed by atoms with Crippen LogP contribution in [0.15, 0.2) is 24.4 Å². The third-order valence-corrected chi connectivity index (χ3v) is 4.45. The second-order valence-corrected chi connectivity index (χ2v) is 6.04. The average molecular weight is 271 g/mol. The Morgan fingerprint density at radius 2 is 1.85 bits per heavy atom. The Bertz CT molecular complexity index is 592. The molecule has 0 amide bonds. The lowest BCUT2D eigenvalue weighted by atomic mass is 10.1. The van der Waals surface area contributed by atoms with Gasteiger partial charge in [-0.3, -0.25) is 4.90 Å². The third-order valence-electron chi connectivity index (χ3n) is 4.45. The fourth-order valence-corrected chi connectivity index (χ4v) is 3.11. The molecule has 0 aliphatic carbocycles. The fraction of sp³-hybridized carbons (Fsp3) is 0.529. The van der Waals surface area contributed by atoms with E-state index in [1.54, 1.807) is 0 Å². The van der Waals surface area contributed by atoms with Gasteiger partial charge in [0.1, 0.15) is 0 Å². The smallest absolute Gasteiger partial charge is 0.0486 e. The average Bonchev–Trinajstić information content (AvgIpc) is 2.78. The summed E-state index contributed by atoms with van der Waals surface area (Å²) in [6.07, 6.45) is 2.35. The number of aryl methyl sites for hydroxylation is 2. The summed E-state index contributed by atoms with van der Waals surface area (Å²) in [6, 6.07) is 6.84. The van der Waals surface area contributed by atoms with Gasteiger partial charge in [-0.1, -0.05) is 12.1 Å². The van der Waals surface area contributed by atoms with Crippen molar-refractivity contribution in [3.63, 3.8) is 0 Å². The van der Waals surface area contributed by atoms with Gasteiger partial charge in [0.05, 0.1) is 0 Å². The monoisotopic (exact) mass is 271 g/mol. The number of hydrogen-bond acceptors (Lipinski definition) is 2. The number of rotatable bonds is 3. The Hall–Kier alpha value is -1.32. The van der Waals surface area contributed by atoms with Gasteiger partial charge in [-0.25, -0.2) is 0 Å². The predicted molar refractivity (Wildman–Crippen MR) is 85.1 cm³/mol. The van der Waals surface area contributed by atoms with Crippen molar-refractivity contribution >= 4 is 10.9 Å². The first-order valence-electron chi connectivity index (χ1n) is 7.66. The SMILES string of the molecule is CCn1cc(CN2CCN(C)CC2)c2ccc(C)cc21. The van der Waals surface area contributed by atoms with Gasteiger partial charge in [0, 0.05) is 56.4 Å². The van der Waals surface area contributed by atoms with Crippen LogP contribution in [0.4, 0.5) is 0 Å². The van der Waals surface area contributed by atoms with E-state index in [1.165, 1.54) is 48.2 Å². The molecule has 3 nitrogen and oxygen atoms in total. The summed E-state index contributed by atoms with van der Waals surface area (Å²) in [6.45, 7) is 11.3. The number of piperazine rings is 1. The van der Waals surface area contributed by atoms with Crippen LogP contribution in [0.3, 0.4) is 0 Å². The molecular weight excluding hydrogens is 246 g/mol. The van der Waals surface area contributed by atoms with Crippen molar-refractivity contribution in [2.75, 3.05) is 33.2 Å². The van der Waals surface area contributed by atoms with Crippen molar-refractivity contribution in [2.45, 2.75) is 26.9 Å². The minimum absolute atomic E-state index is 1.04. The zero-order chi connectivity index (χ0) is 14.1. The van der Waals surface area contributed by atoms with Crippen LogP contribution in [0.25, 0.3) is 10.9 Å². The molecule has 2 heterocycles. The maximum atomic E-state index is 2.58. The maximum Gasteiger partial charge on any atom is 0.0486 e. The molecule has 0 bridgehead atoms. The number of nitrogens with zero attached hydrogens (tertiary/aromatic N) is 3. The first-order chi connectivity index (χ1) is 9.67. The number of hydrogen-bond donors (Lipinski definition) is 0. The van der Waals surface area contributed by atoms with Crippen molar-refractivity contribution in [3.8, 4) is 0 Å². The Morgan fingerprint density at radius 3 is 2.55 bits per heavy atom. The Kier molecular flexibility index (Phi) is 3.81. The molecule has 0 N–H and O–H groups in total. The molecule has 1 fully saturated rings. The number of benzene rings is 1. The lowest BCUT2D eigenvalue weighted by Gasteiger charge is -2.32. The summed E-state index contributed by atoms with van der Waals surface area (Å²) < 4.78 is 2.38. The molecule has 1 saturated heterocycles. The minimum atomic E-state index is 1.04. The van der Waals surface area contributed by atoms with Crippen LogP contribution in [-0.2, 0) is 13.1 Å². The molecule has 0 saturated carbocycles. The largest absolute Gasteiger partial charge is 0.347 e. The predicted octanol–water partition coefficient (Wildman–Crippen LogP) is 2.72. The molecular formula is C17H25N3. The molecule has 1 aromatic carbocycles. The Labute approximate surface area is 121 Å². The van der Waals surface area contributed by atoms with Crippen LogP contribution in [0.1, 0.15) is 18.1 Å². The first-order valence-corrected chi connectivity index (χ1v) is 7.66. The third kappa shape index (κ3) is 2.60. The van der Waals surface area contributed by atoms with Crippen LogP contribution >= 0.6 is 0 Å². The van der Waals surface area contributed by atoms with Gasteiger partial charge in [0.2, 0.25) is 0 Å². The van der Waals surface area contributed by atoms with E-state index in [0.29, 0.717) is 0 Å². The summed E-state index contributed by atoms with van der Waals surface area (Å²) >= 11 is 0. The van der Waals surface area contributed by atoms with E-state index in [1.807, 2.05) is 0 Å². The second kappa shape index (κ2) is 5.58. The highest BCUT2D eigenvalue weighted by atomic mass is 15.2. The van der Waals surface area contributed by atoms with Crippen LogP contribution in [-0.4, -0.2) is 47.6 Å². The van der Waals surface area contributed by atoms with Gasteiger partial charge in [0.25, 0.3) is 0 Å². The standard InChI is InChI=1S/C17H25N3/c1-4-20-13-15(12-19-9-7-18(3)8-10-19)16-6-5-14(2)11-17(16)20/h5-6,11,13H,4,7-10,12H2,1-3H3. The highest BCUT2D eigenvalue weighted by molar-refractivity contribution is 5.84. The van der Waals surface area contributed by atoms with Crippen LogP contribution in [0.5, 0.6) is 0 Å². The van der Waals surface area contributed by atoms with Crippen molar-refractivity contribution in [1.29, 1.82) is 0 Å². The number of likely N-dealkylation sites (N-methyl/N-ethyl adjacent to an activating group) is 1. The number of aromatic nitrogens is 1. The van der Waals surface area contributed by atoms with Crippen LogP contribution < -0.4 is 0 Å². The fourth-order valence-electron chi connectivity index (χ4n) is 3.11. The van der Waals surface area contributed by atoms with Gasteiger partial charge in [-0.2, -0.15) is 0 Å². The van der Waals surface area contributed by atoms with Gasteiger partial charge in [-0.05, 0) is 38.1 Å². The van der Waals surface area contributed by atoms with Gasteiger partial charge >= 0.3 is 0 Å².